The number of aromatic nitrogens is 2. The lowest BCUT2D eigenvalue weighted by Gasteiger charge is -2.27. The van der Waals surface area contributed by atoms with Crippen LogP contribution in [0.15, 0.2) is 121 Å². The summed E-state index contributed by atoms with van der Waals surface area (Å²) in [5.74, 6) is 0.980. The van der Waals surface area contributed by atoms with E-state index < -0.39 is 0 Å². The monoisotopic (exact) mass is 572 g/mol. The highest BCUT2D eigenvalue weighted by Crippen LogP contribution is 2.44. The van der Waals surface area contributed by atoms with E-state index in [-0.39, 0.29) is 5.41 Å². The van der Waals surface area contributed by atoms with Gasteiger partial charge in [-0.15, -0.1) is 11.3 Å². The summed E-state index contributed by atoms with van der Waals surface area (Å²) >= 11 is 1.87. The number of nitrogens with zero attached hydrogens (tertiary/aromatic N) is 2. The maximum atomic E-state index is 5.47. The third kappa shape index (κ3) is 4.18. The van der Waals surface area contributed by atoms with E-state index in [4.69, 9.17) is 4.98 Å². The maximum absolute atomic E-state index is 5.47. The van der Waals surface area contributed by atoms with E-state index in [0.717, 1.165) is 16.9 Å². The van der Waals surface area contributed by atoms with Crippen molar-refractivity contribution >= 4 is 53.3 Å². The molecule has 2 nitrogen and oxygen atoms in total. The van der Waals surface area contributed by atoms with Crippen LogP contribution in [0.25, 0.3) is 70.2 Å². The number of hydrogen-bond acceptors (Lipinski definition) is 2. The summed E-state index contributed by atoms with van der Waals surface area (Å²) in [5.41, 5.74) is 9.39. The Morgan fingerprint density at radius 3 is 2.16 bits per heavy atom. The van der Waals surface area contributed by atoms with E-state index in [1.54, 1.807) is 0 Å². The van der Waals surface area contributed by atoms with Gasteiger partial charge in [0, 0.05) is 31.3 Å². The summed E-state index contributed by atoms with van der Waals surface area (Å²) in [6, 6.07) is 44.2. The predicted octanol–water partition coefficient (Wildman–Crippen LogP) is 11.5. The Balaban J connectivity index is 1.56. The maximum Gasteiger partial charge on any atom is 0.147 e. The van der Waals surface area contributed by atoms with Crippen LogP contribution in [0.3, 0.4) is 0 Å². The first-order valence-corrected chi connectivity index (χ1v) is 15.7. The molecule has 2 heterocycles. The number of benzene rings is 6. The molecular formula is C40H32N2S. The number of para-hydroxylation sites is 1. The van der Waals surface area contributed by atoms with Gasteiger partial charge in [0.1, 0.15) is 5.82 Å². The smallest absolute Gasteiger partial charge is 0.147 e. The van der Waals surface area contributed by atoms with Crippen LogP contribution in [0.1, 0.15) is 31.9 Å². The molecular weight excluding hydrogens is 541 g/mol. The third-order valence-electron chi connectivity index (χ3n) is 8.57. The lowest BCUT2D eigenvalue weighted by atomic mass is 9.83. The highest BCUT2D eigenvalue weighted by Gasteiger charge is 2.27. The molecule has 0 atom stereocenters. The summed E-state index contributed by atoms with van der Waals surface area (Å²) in [6.45, 7) is 9.10. The summed E-state index contributed by atoms with van der Waals surface area (Å²) in [7, 11) is 0. The molecule has 0 amide bonds. The molecule has 0 fully saturated rings. The second-order valence-corrected chi connectivity index (χ2v) is 13.6. The highest BCUT2D eigenvalue weighted by atomic mass is 32.1. The van der Waals surface area contributed by atoms with Crippen molar-refractivity contribution in [3.8, 4) is 28.2 Å². The molecule has 0 spiro atoms. The number of imidazole rings is 1. The molecule has 6 aromatic carbocycles. The first kappa shape index (κ1) is 25.9. The summed E-state index contributed by atoms with van der Waals surface area (Å²) in [6.07, 6.45) is 0. The summed E-state index contributed by atoms with van der Waals surface area (Å²) in [4.78, 5) is 5.47. The second kappa shape index (κ2) is 9.65. The molecule has 0 aliphatic rings. The van der Waals surface area contributed by atoms with Crippen LogP contribution in [0.5, 0.6) is 0 Å². The molecule has 8 rings (SSSR count). The zero-order valence-electron chi connectivity index (χ0n) is 24.8. The molecule has 0 bridgehead atoms. The van der Waals surface area contributed by atoms with Gasteiger partial charge in [-0.3, -0.25) is 4.57 Å². The van der Waals surface area contributed by atoms with E-state index in [1.165, 1.54) is 64.4 Å². The molecule has 0 aliphatic heterocycles. The fourth-order valence-electron chi connectivity index (χ4n) is 6.49. The van der Waals surface area contributed by atoms with Crippen molar-refractivity contribution < 1.29 is 0 Å². The summed E-state index contributed by atoms with van der Waals surface area (Å²) in [5, 5.41) is 5.01. The Kier molecular flexibility index (Phi) is 5.82. The van der Waals surface area contributed by atoms with Gasteiger partial charge in [-0.1, -0.05) is 118 Å². The Morgan fingerprint density at radius 2 is 1.37 bits per heavy atom. The van der Waals surface area contributed by atoms with Gasteiger partial charge >= 0.3 is 0 Å². The number of fused-ring (bicyclic) bond motifs is 5. The van der Waals surface area contributed by atoms with Crippen LogP contribution in [0.4, 0.5) is 0 Å². The lowest BCUT2D eigenvalue weighted by molar-refractivity contribution is 0.587. The molecule has 0 radical (unpaired) electrons. The van der Waals surface area contributed by atoms with Gasteiger partial charge in [-0.05, 0) is 64.1 Å². The van der Waals surface area contributed by atoms with Gasteiger partial charge in [-0.2, -0.15) is 0 Å². The van der Waals surface area contributed by atoms with Crippen molar-refractivity contribution in [1.29, 1.82) is 0 Å². The fourth-order valence-corrected chi connectivity index (χ4v) is 7.80. The number of aryl methyl sites for hydroxylation is 1. The van der Waals surface area contributed by atoms with E-state index >= 15 is 0 Å². The van der Waals surface area contributed by atoms with Gasteiger partial charge in [0.15, 0.2) is 0 Å². The lowest BCUT2D eigenvalue weighted by Crippen LogP contribution is -2.16. The zero-order chi connectivity index (χ0) is 29.3. The molecule has 0 saturated carbocycles. The van der Waals surface area contributed by atoms with Crippen LogP contribution in [-0.2, 0) is 5.41 Å². The van der Waals surface area contributed by atoms with E-state index in [9.17, 15) is 0 Å². The number of thiophene rings is 1. The zero-order valence-corrected chi connectivity index (χ0v) is 25.7. The van der Waals surface area contributed by atoms with E-state index in [2.05, 4.69) is 154 Å². The van der Waals surface area contributed by atoms with Crippen molar-refractivity contribution in [2.45, 2.75) is 33.1 Å². The van der Waals surface area contributed by atoms with Crippen molar-refractivity contribution in [2.24, 2.45) is 0 Å². The number of hydrogen-bond donors (Lipinski definition) is 0. The fraction of sp³-hybridized carbons (Fsp3) is 0.125. The van der Waals surface area contributed by atoms with E-state index in [0.29, 0.717) is 0 Å². The van der Waals surface area contributed by atoms with Crippen molar-refractivity contribution in [3.05, 3.63) is 132 Å². The Morgan fingerprint density at radius 1 is 0.651 bits per heavy atom. The van der Waals surface area contributed by atoms with Crippen LogP contribution in [0, 0.1) is 6.92 Å². The van der Waals surface area contributed by atoms with Gasteiger partial charge in [0.05, 0.1) is 16.7 Å². The summed E-state index contributed by atoms with van der Waals surface area (Å²) < 4.78 is 5.05. The largest absolute Gasteiger partial charge is 0.291 e. The minimum absolute atomic E-state index is 0.0913. The van der Waals surface area contributed by atoms with Crippen molar-refractivity contribution in [1.82, 2.24) is 9.55 Å². The molecule has 0 unspecified atom stereocenters. The molecule has 2 aromatic heterocycles. The quantitative estimate of drug-likeness (QED) is 0.206. The average Bonchev–Trinajstić information content (AvgIpc) is 3.56. The molecule has 43 heavy (non-hydrogen) atoms. The van der Waals surface area contributed by atoms with Gasteiger partial charge in [0.2, 0.25) is 0 Å². The van der Waals surface area contributed by atoms with Crippen LogP contribution in [-0.4, -0.2) is 9.55 Å². The molecule has 8 aromatic rings. The van der Waals surface area contributed by atoms with Gasteiger partial charge in [0.25, 0.3) is 0 Å². The average molecular weight is 573 g/mol. The van der Waals surface area contributed by atoms with Crippen LogP contribution < -0.4 is 0 Å². The van der Waals surface area contributed by atoms with Crippen molar-refractivity contribution in [3.63, 3.8) is 0 Å². The number of rotatable bonds is 3. The molecule has 0 saturated heterocycles. The second-order valence-electron chi connectivity index (χ2n) is 12.6. The Bertz CT molecular complexity index is 2330. The molecule has 0 aliphatic carbocycles. The minimum atomic E-state index is -0.0913. The van der Waals surface area contributed by atoms with Crippen LogP contribution >= 0.6 is 11.3 Å². The molecule has 208 valence electrons. The Labute approximate surface area is 255 Å². The normalized spacial score (nSPS) is 12.2. The van der Waals surface area contributed by atoms with Gasteiger partial charge in [-0.25, -0.2) is 4.98 Å². The first-order valence-electron chi connectivity index (χ1n) is 14.9. The van der Waals surface area contributed by atoms with Crippen LogP contribution in [0.2, 0.25) is 0 Å². The molecule has 3 heteroatoms. The first-order chi connectivity index (χ1) is 20.9. The highest BCUT2D eigenvalue weighted by molar-refractivity contribution is 7.26. The Hall–Kier alpha value is -4.73. The predicted molar refractivity (Wildman–Crippen MR) is 186 cm³/mol. The third-order valence-corrected chi connectivity index (χ3v) is 9.77. The van der Waals surface area contributed by atoms with Gasteiger partial charge < -0.3 is 0 Å². The van der Waals surface area contributed by atoms with Crippen molar-refractivity contribution in [2.75, 3.05) is 0 Å². The minimum Gasteiger partial charge on any atom is -0.291 e. The SMILES string of the molecule is Cc1ccc2c(c1)sc1c(-c3nc4cc5ccccc5cc4n3-c3c(-c4ccccc4)cccc3C(C)(C)C)cccc12. The van der Waals surface area contributed by atoms with E-state index in [1.807, 2.05) is 11.3 Å². The molecule has 0 N–H and O–H groups in total. The topological polar surface area (TPSA) is 17.8 Å². The standard InChI is InChI=1S/C40H32N2S/c1-25-20-21-30-31-17-10-18-32(38(31)43-36(30)22-25)39-41-34-23-27-14-8-9-15-28(27)24-35(34)42(39)37-29(26-12-6-5-7-13-26)16-11-19-33(37)40(2,3)4/h5-24H,1-4H3.